The number of carbonyl (C=O) groups is 1. The number of aromatic amines is 1. The Labute approximate surface area is 203 Å². The highest BCUT2D eigenvalue weighted by atomic mass is 35.5. The number of rotatable bonds is 7. The van der Waals surface area contributed by atoms with Crippen LogP contribution < -0.4 is 10.6 Å². The van der Waals surface area contributed by atoms with Gasteiger partial charge in [0.2, 0.25) is 17.8 Å². The highest BCUT2D eigenvalue weighted by molar-refractivity contribution is 6.31. The van der Waals surface area contributed by atoms with Gasteiger partial charge in [0, 0.05) is 46.5 Å². The Morgan fingerprint density at radius 1 is 1.03 bits per heavy atom. The number of aliphatic imine (C=N–C) groups is 1. The second-order valence-corrected chi connectivity index (χ2v) is 8.55. The fraction of sp³-hybridized carbons (Fsp3) is 0.231. The average Bonchev–Trinajstić information content (AvgIpc) is 3.19. The van der Waals surface area contributed by atoms with Crippen molar-refractivity contribution in [2.24, 2.45) is 4.99 Å². The number of hydrogen-bond donors (Lipinski definition) is 3. The number of carbonyl (C=O) groups excluding carboxylic acids is 1. The molecule has 0 bridgehead atoms. The Kier molecular flexibility index (Phi) is 7.54. The van der Waals surface area contributed by atoms with E-state index < -0.39 is 0 Å². The quantitative estimate of drug-likeness (QED) is 0.260. The topological polar surface area (TPSA) is 95.1 Å². The summed E-state index contributed by atoms with van der Waals surface area (Å²) in [6, 6.07) is 17.6. The van der Waals surface area contributed by atoms with Crippen LogP contribution in [0.3, 0.4) is 0 Å². The molecule has 1 amide bonds. The molecule has 0 aliphatic rings. The molecule has 0 saturated carbocycles. The van der Waals surface area contributed by atoms with Crippen LogP contribution in [0.4, 0.5) is 5.95 Å². The first-order valence-corrected chi connectivity index (χ1v) is 11.6. The van der Waals surface area contributed by atoms with Crippen LogP contribution in [0.2, 0.25) is 5.02 Å². The molecule has 4 aromatic rings. The predicted octanol–water partition coefficient (Wildman–Crippen LogP) is 4.99. The van der Waals surface area contributed by atoms with E-state index >= 15 is 0 Å². The SMILES string of the molecule is Cc1cc(C)nc(NC(=NCCc2c[nH]c3ccc(Cl)cc23)NC(=O)CCc2ccccc2)n1. The number of hydrogen-bond acceptors (Lipinski definition) is 4. The van der Waals surface area contributed by atoms with E-state index in [0.717, 1.165) is 33.4 Å². The van der Waals surface area contributed by atoms with Gasteiger partial charge in [-0.25, -0.2) is 9.97 Å². The third-order valence-corrected chi connectivity index (χ3v) is 5.57. The summed E-state index contributed by atoms with van der Waals surface area (Å²) in [6.45, 7) is 4.26. The minimum absolute atomic E-state index is 0.127. The summed E-state index contributed by atoms with van der Waals surface area (Å²) in [4.78, 5) is 29.4. The van der Waals surface area contributed by atoms with E-state index in [4.69, 9.17) is 11.6 Å². The van der Waals surface area contributed by atoms with Crippen LogP contribution in [0, 0.1) is 13.8 Å². The highest BCUT2D eigenvalue weighted by Crippen LogP contribution is 2.22. The van der Waals surface area contributed by atoms with Crippen LogP contribution in [0.5, 0.6) is 0 Å². The summed E-state index contributed by atoms with van der Waals surface area (Å²) in [7, 11) is 0. The van der Waals surface area contributed by atoms with Crippen molar-refractivity contribution in [1.29, 1.82) is 0 Å². The number of halogens is 1. The zero-order valence-electron chi connectivity index (χ0n) is 19.2. The van der Waals surface area contributed by atoms with Crippen molar-refractivity contribution in [1.82, 2.24) is 20.3 Å². The Balaban J connectivity index is 1.46. The van der Waals surface area contributed by atoms with Gasteiger partial charge in [0.1, 0.15) is 0 Å². The lowest BCUT2D eigenvalue weighted by atomic mass is 10.1. The summed E-state index contributed by atoms with van der Waals surface area (Å²) in [5.74, 6) is 0.609. The fourth-order valence-corrected chi connectivity index (χ4v) is 3.91. The zero-order valence-corrected chi connectivity index (χ0v) is 20.0. The van der Waals surface area contributed by atoms with Crippen molar-refractivity contribution in [3.05, 3.63) is 88.3 Å². The van der Waals surface area contributed by atoms with Crippen LogP contribution in [0.15, 0.2) is 65.8 Å². The number of amides is 1. The van der Waals surface area contributed by atoms with Crippen molar-refractivity contribution in [2.45, 2.75) is 33.1 Å². The van der Waals surface area contributed by atoms with Gasteiger partial charge < -0.3 is 4.98 Å². The smallest absolute Gasteiger partial charge is 0.229 e. The first-order valence-electron chi connectivity index (χ1n) is 11.2. The highest BCUT2D eigenvalue weighted by Gasteiger charge is 2.10. The summed E-state index contributed by atoms with van der Waals surface area (Å²) in [6.07, 6.45) is 3.64. The van der Waals surface area contributed by atoms with Crippen LogP contribution in [0.25, 0.3) is 10.9 Å². The zero-order chi connectivity index (χ0) is 23.9. The largest absolute Gasteiger partial charge is 0.361 e. The van der Waals surface area contributed by atoms with Crippen molar-refractivity contribution >= 4 is 40.3 Å². The Bertz CT molecular complexity index is 1300. The Morgan fingerprint density at radius 2 is 1.79 bits per heavy atom. The van der Waals surface area contributed by atoms with Gasteiger partial charge in [0.25, 0.3) is 0 Å². The van der Waals surface area contributed by atoms with E-state index in [1.165, 1.54) is 0 Å². The van der Waals surface area contributed by atoms with Crippen molar-refractivity contribution in [3.8, 4) is 0 Å². The van der Waals surface area contributed by atoms with E-state index in [-0.39, 0.29) is 5.91 Å². The second-order valence-electron chi connectivity index (χ2n) is 8.12. The molecule has 0 unspecified atom stereocenters. The Hall–Kier alpha value is -3.71. The third-order valence-electron chi connectivity index (χ3n) is 5.33. The molecule has 0 aliphatic heterocycles. The number of nitrogens with zero attached hydrogens (tertiary/aromatic N) is 3. The maximum absolute atomic E-state index is 12.7. The molecule has 34 heavy (non-hydrogen) atoms. The first kappa shape index (κ1) is 23.4. The number of fused-ring (bicyclic) bond motifs is 1. The number of aromatic nitrogens is 3. The Morgan fingerprint density at radius 3 is 2.56 bits per heavy atom. The van der Waals surface area contributed by atoms with Crippen LogP contribution >= 0.6 is 11.6 Å². The monoisotopic (exact) mass is 474 g/mol. The number of nitrogens with one attached hydrogen (secondary N) is 3. The van der Waals surface area contributed by atoms with Gasteiger partial charge >= 0.3 is 0 Å². The van der Waals surface area contributed by atoms with Crippen molar-refractivity contribution in [3.63, 3.8) is 0 Å². The molecule has 2 aromatic carbocycles. The molecule has 8 heteroatoms. The predicted molar refractivity (Wildman–Crippen MR) is 137 cm³/mol. The van der Waals surface area contributed by atoms with Crippen molar-refractivity contribution in [2.75, 3.05) is 11.9 Å². The van der Waals surface area contributed by atoms with E-state index in [1.54, 1.807) is 0 Å². The van der Waals surface area contributed by atoms with Gasteiger partial charge in [-0.05, 0) is 62.1 Å². The number of benzene rings is 2. The molecular formula is C26H27ClN6O. The molecule has 3 N–H and O–H groups in total. The number of guanidine groups is 1. The number of anilines is 1. The average molecular weight is 475 g/mol. The molecular weight excluding hydrogens is 448 g/mol. The molecule has 0 radical (unpaired) electrons. The molecule has 2 aromatic heterocycles. The standard InChI is InChI=1S/C26H27ClN6O/c1-17-14-18(2)31-26(30-17)33-25(32-24(34)11-8-19-6-4-3-5-7-19)28-13-12-20-16-29-23-10-9-21(27)15-22(20)23/h3-7,9-10,14-16,29H,8,11-13H2,1-2H3,(H2,28,30,31,32,33,34). The molecule has 4 rings (SSSR count). The minimum atomic E-state index is -0.127. The second kappa shape index (κ2) is 10.9. The maximum Gasteiger partial charge on any atom is 0.229 e. The number of aryl methyl sites for hydroxylation is 3. The third kappa shape index (κ3) is 6.42. The molecule has 174 valence electrons. The summed E-state index contributed by atoms with van der Waals surface area (Å²) in [5.41, 5.74) is 4.92. The first-order chi connectivity index (χ1) is 16.5. The molecule has 0 atom stereocenters. The van der Waals surface area contributed by atoms with Crippen molar-refractivity contribution < 1.29 is 4.79 Å². The van der Waals surface area contributed by atoms with Gasteiger partial charge in [-0.3, -0.25) is 20.4 Å². The van der Waals surface area contributed by atoms with Gasteiger partial charge in [-0.2, -0.15) is 0 Å². The van der Waals surface area contributed by atoms with Crippen LogP contribution in [-0.4, -0.2) is 33.4 Å². The van der Waals surface area contributed by atoms with E-state index in [0.29, 0.717) is 42.7 Å². The van der Waals surface area contributed by atoms with Gasteiger partial charge in [0.15, 0.2) is 0 Å². The molecule has 0 fully saturated rings. The summed E-state index contributed by atoms with van der Waals surface area (Å²) >= 11 is 6.17. The minimum Gasteiger partial charge on any atom is -0.361 e. The fourth-order valence-electron chi connectivity index (χ4n) is 3.74. The van der Waals surface area contributed by atoms with E-state index in [1.807, 2.05) is 74.6 Å². The lowest BCUT2D eigenvalue weighted by Crippen LogP contribution is -2.37. The summed E-state index contributed by atoms with van der Waals surface area (Å²) < 4.78 is 0. The lowest BCUT2D eigenvalue weighted by molar-refractivity contribution is -0.119. The molecule has 7 nitrogen and oxygen atoms in total. The van der Waals surface area contributed by atoms with Gasteiger partial charge in [-0.1, -0.05) is 41.9 Å². The molecule has 0 aliphatic carbocycles. The normalized spacial score (nSPS) is 11.6. The van der Waals surface area contributed by atoms with Gasteiger partial charge in [0.05, 0.1) is 0 Å². The van der Waals surface area contributed by atoms with E-state index in [9.17, 15) is 4.79 Å². The van der Waals surface area contributed by atoms with Crippen LogP contribution in [0.1, 0.15) is 28.9 Å². The molecule has 0 saturated heterocycles. The van der Waals surface area contributed by atoms with Crippen LogP contribution in [-0.2, 0) is 17.6 Å². The number of H-pyrrole nitrogens is 1. The molecule has 2 heterocycles. The molecule has 0 spiro atoms. The van der Waals surface area contributed by atoms with E-state index in [2.05, 4.69) is 30.6 Å². The van der Waals surface area contributed by atoms with Gasteiger partial charge in [-0.15, -0.1) is 0 Å². The maximum atomic E-state index is 12.7. The lowest BCUT2D eigenvalue weighted by Gasteiger charge is -2.12. The summed E-state index contributed by atoms with van der Waals surface area (Å²) in [5, 5.41) is 7.74.